The second-order valence-corrected chi connectivity index (χ2v) is 6.14. The van der Waals surface area contributed by atoms with Crippen LogP contribution in [0.3, 0.4) is 0 Å². The molecule has 0 saturated carbocycles. The van der Waals surface area contributed by atoms with Crippen molar-refractivity contribution in [1.29, 1.82) is 0 Å². The molecular weight excluding hydrogens is 281 g/mol. The molecule has 1 aliphatic heterocycles. The van der Waals surface area contributed by atoms with Gasteiger partial charge in [0.1, 0.15) is 5.82 Å². The first-order chi connectivity index (χ1) is 10.5. The average molecular weight is 307 g/mol. The fourth-order valence-electron chi connectivity index (χ4n) is 3.09. The summed E-state index contributed by atoms with van der Waals surface area (Å²) < 4.78 is 14.3. The molecule has 1 N–H and O–H groups in total. The zero-order valence-corrected chi connectivity index (χ0v) is 13.7. The summed E-state index contributed by atoms with van der Waals surface area (Å²) in [6, 6.07) is 5.30. The molecule has 0 spiro atoms. The lowest BCUT2D eigenvalue weighted by atomic mass is 10.1. The fourth-order valence-corrected chi connectivity index (χ4v) is 3.09. The molecule has 0 aromatic heterocycles. The van der Waals surface area contributed by atoms with E-state index in [9.17, 15) is 9.18 Å². The molecule has 22 heavy (non-hydrogen) atoms. The van der Waals surface area contributed by atoms with Gasteiger partial charge in [-0.2, -0.15) is 0 Å². The predicted molar refractivity (Wildman–Crippen MR) is 87.4 cm³/mol. The lowest BCUT2D eigenvalue weighted by molar-refractivity contribution is -0.124. The van der Waals surface area contributed by atoms with Gasteiger partial charge in [-0.1, -0.05) is 13.0 Å². The van der Waals surface area contributed by atoms with Crippen molar-refractivity contribution < 1.29 is 9.18 Å². The standard InChI is InChI=1S/C17H26FN3O/c1-13(17(22)19-2)11-20(3)12-14-15(18)7-6-8-16(14)21-9-4-5-10-21/h6-8,13H,4-5,9-12H2,1-3H3,(H,19,22)/t13-/m0/s1. The maximum atomic E-state index is 14.3. The molecule has 0 radical (unpaired) electrons. The van der Waals surface area contributed by atoms with E-state index in [2.05, 4.69) is 10.2 Å². The van der Waals surface area contributed by atoms with Crippen LogP contribution in [-0.2, 0) is 11.3 Å². The summed E-state index contributed by atoms with van der Waals surface area (Å²) >= 11 is 0. The van der Waals surface area contributed by atoms with Gasteiger partial charge < -0.3 is 15.1 Å². The molecule has 0 aliphatic carbocycles. The molecule has 1 aromatic rings. The van der Waals surface area contributed by atoms with E-state index < -0.39 is 0 Å². The maximum Gasteiger partial charge on any atom is 0.223 e. The van der Waals surface area contributed by atoms with Crippen LogP contribution in [0, 0.1) is 11.7 Å². The Balaban J connectivity index is 2.09. The number of nitrogens with one attached hydrogen (secondary N) is 1. The third-order valence-electron chi connectivity index (χ3n) is 4.25. The summed E-state index contributed by atoms with van der Waals surface area (Å²) in [5.41, 5.74) is 1.73. The average Bonchev–Trinajstić information content (AvgIpc) is 3.02. The van der Waals surface area contributed by atoms with Crippen molar-refractivity contribution in [3.05, 3.63) is 29.6 Å². The van der Waals surface area contributed by atoms with Crippen molar-refractivity contribution in [3.63, 3.8) is 0 Å². The summed E-state index contributed by atoms with van der Waals surface area (Å²) in [5, 5.41) is 2.65. The summed E-state index contributed by atoms with van der Waals surface area (Å²) in [7, 11) is 3.57. The van der Waals surface area contributed by atoms with E-state index >= 15 is 0 Å². The predicted octanol–water partition coefficient (Wildman–Crippen LogP) is 2.24. The minimum Gasteiger partial charge on any atom is -0.371 e. The van der Waals surface area contributed by atoms with Gasteiger partial charge in [-0.05, 0) is 32.0 Å². The van der Waals surface area contributed by atoms with Gasteiger partial charge in [0.05, 0.1) is 0 Å². The van der Waals surface area contributed by atoms with E-state index in [0.717, 1.165) is 24.3 Å². The topological polar surface area (TPSA) is 35.6 Å². The van der Waals surface area contributed by atoms with Crippen LogP contribution >= 0.6 is 0 Å². The number of carbonyl (C=O) groups is 1. The van der Waals surface area contributed by atoms with Crippen molar-refractivity contribution in [3.8, 4) is 0 Å². The van der Waals surface area contributed by atoms with Crippen LogP contribution in [0.2, 0.25) is 0 Å². The Morgan fingerprint density at radius 2 is 2.09 bits per heavy atom. The van der Waals surface area contributed by atoms with Crippen molar-refractivity contribution in [2.45, 2.75) is 26.3 Å². The van der Waals surface area contributed by atoms with E-state index in [0.29, 0.717) is 13.1 Å². The molecule has 1 amide bonds. The normalized spacial score (nSPS) is 16.1. The number of nitrogens with zero attached hydrogens (tertiary/aromatic N) is 2. The lowest BCUT2D eigenvalue weighted by Crippen LogP contribution is -2.34. The molecular formula is C17H26FN3O. The second kappa shape index (κ2) is 7.58. The minimum atomic E-state index is -0.163. The first-order valence-corrected chi connectivity index (χ1v) is 7.95. The van der Waals surface area contributed by atoms with Crippen LogP contribution in [0.1, 0.15) is 25.3 Å². The fraction of sp³-hybridized carbons (Fsp3) is 0.588. The van der Waals surface area contributed by atoms with E-state index in [4.69, 9.17) is 0 Å². The molecule has 0 bridgehead atoms. The number of halogens is 1. The van der Waals surface area contributed by atoms with Crippen molar-refractivity contribution in [2.24, 2.45) is 5.92 Å². The quantitative estimate of drug-likeness (QED) is 0.875. The molecule has 122 valence electrons. The van der Waals surface area contributed by atoms with Crippen molar-refractivity contribution in [1.82, 2.24) is 10.2 Å². The highest BCUT2D eigenvalue weighted by Gasteiger charge is 2.20. The number of amides is 1. The second-order valence-electron chi connectivity index (χ2n) is 6.14. The summed E-state index contributed by atoms with van der Waals surface area (Å²) in [6.45, 7) is 5.00. The van der Waals surface area contributed by atoms with Crippen LogP contribution in [0.25, 0.3) is 0 Å². The Labute approximate surface area is 132 Å². The van der Waals surface area contributed by atoms with Crippen LogP contribution in [0.4, 0.5) is 10.1 Å². The van der Waals surface area contributed by atoms with Crippen molar-refractivity contribution >= 4 is 11.6 Å². The molecule has 0 unspecified atom stereocenters. The number of carbonyl (C=O) groups excluding carboxylic acids is 1. The number of hydrogen-bond donors (Lipinski definition) is 1. The Bertz CT molecular complexity index is 515. The van der Waals surface area contributed by atoms with Crippen molar-refractivity contribution in [2.75, 3.05) is 38.6 Å². The van der Waals surface area contributed by atoms with E-state index in [1.165, 1.54) is 18.9 Å². The number of rotatable bonds is 6. The molecule has 1 atom stereocenters. The van der Waals surface area contributed by atoms with Crippen LogP contribution in [-0.4, -0.2) is 44.5 Å². The van der Waals surface area contributed by atoms with Crippen LogP contribution in [0.15, 0.2) is 18.2 Å². The number of benzene rings is 1. The van der Waals surface area contributed by atoms with Gasteiger partial charge in [-0.25, -0.2) is 4.39 Å². The van der Waals surface area contributed by atoms with Gasteiger partial charge in [0.2, 0.25) is 5.91 Å². The Morgan fingerprint density at radius 3 is 2.73 bits per heavy atom. The van der Waals surface area contributed by atoms with Gasteiger partial charge in [-0.15, -0.1) is 0 Å². The Kier molecular flexibility index (Phi) is 5.77. The smallest absolute Gasteiger partial charge is 0.223 e. The first-order valence-electron chi connectivity index (χ1n) is 7.95. The van der Waals surface area contributed by atoms with E-state index in [1.807, 2.05) is 24.9 Å². The van der Waals surface area contributed by atoms with Gasteiger partial charge in [0, 0.05) is 50.4 Å². The Hall–Kier alpha value is -1.62. The highest BCUT2D eigenvalue weighted by atomic mass is 19.1. The lowest BCUT2D eigenvalue weighted by Gasteiger charge is -2.26. The summed E-state index contributed by atoms with van der Waals surface area (Å²) in [4.78, 5) is 15.9. The zero-order valence-electron chi connectivity index (χ0n) is 13.7. The molecule has 5 heteroatoms. The van der Waals surface area contributed by atoms with Gasteiger partial charge in [0.15, 0.2) is 0 Å². The highest BCUT2D eigenvalue weighted by molar-refractivity contribution is 5.78. The first kappa shape index (κ1) is 16.7. The molecule has 1 heterocycles. The summed E-state index contributed by atoms with van der Waals surface area (Å²) in [6.07, 6.45) is 2.33. The third kappa shape index (κ3) is 3.97. The molecule has 4 nitrogen and oxygen atoms in total. The van der Waals surface area contributed by atoms with E-state index in [-0.39, 0.29) is 17.6 Å². The largest absolute Gasteiger partial charge is 0.371 e. The molecule has 1 aliphatic rings. The maximum absolute atomic E-state index is 14.3. The highest BCUT2D eigenvalue weighted by Crippen LogP contribution is 2.27. The molecule has 1 fully saturated rings. The van der Waals surface area contributed by atoms with Crippen LogP contribution in [0.5, 0.6) is 0 Å². The summed E-state index contributed by atoms with van der Waals surface area (Å²) in [5.74, 6) is -0.263. The SMILES string of the molecule is CNC(=O)[C@@H](C)CN(C)Cc1c(F)cccc1N1CCCC1. The number of hydrogen-bond acceptors (Lipinski definition) is 3. The van der Waals surface area contributed by atoms with Crippen LogP contribution < -0.4 is 10.2 Å². The minimum absolute atomic E-state index is 0.0140. The van der Waals surface area contributed by atoms with Gasteiger partial charge in [0.25, 0.3) is 0 Å². The number of anilines is 1. The van der Waals surface area contributed by atoms with Gasteiger partial charge >= 0.3 is 0 Å². The monoisotopic (exact) mass is 307 g/mol. The molecule has 2 rings (SSSR count). The van der Waals surface area contributed by atoms with E-state index in [1.54, 1.807) is 13.1 Å². The van der Waals surface area contributed by atoms with Gasteiger partial charge in [-0.3, -0.25) is 4.79 Å². The molecule has 1 aromatic carbocycles. The Morgan fingerprint density at radius 1 is 1.41 bits per heavy atom. The molecule has 1 saturated heterocycles. The zero-order chi connectivity index (χ0) is 16.1. The third-order valence-corrected chi connectivity index (χ3v) is 4.25.